The standard InChI is InChI=1S/C23H34N6O2/c1-16(2)24-22(30)17-8-9-20-19(14-17)26-21(27(20)3)15-28-10-12-29(13-11-28)23(31)25-18-6-4-5-7-18/h8-9,14,16,18H,4-7,10-13,15H2,1-3H3,(H,24,30)(H,25,31). The summed E-state index contributed by atoms with van der Waals surface area (Å²) >= 11 is 0. The van der Waals surface area contributed by atoms with E-state index in [1.165, 1.54) is 12.8 Å². The SMILES string of the molecule is CC(C)NC(=O)c1ccc2c(c1)nc(CN1CCN(C(=O)NC3CCCC3)CC1)n2C. The van der Waals surface area contributed by atoms with Crippen LogP contribution < -0.4 is 10.6 Å². The Hall–Kier alpha value is -2.61. The van der Waals surface area contributed by atoms with Crippen molar-refractivity contribution >= 4 is 23.0 Å². The Morgan fingerprint density at radius 3 is 2.52 bits per heavy atom. The molecule has 8 heteroatoms. The van der Waals surface area contributed by atoms with Crippen molar-refractivity contribution in [3.8, 4) is 0 Å². The fourth-order valence-electron chi connectivity index (χ4n) is 4.52. The van der Waals surface area contributed by atoms with Crippen LogP contribution in [0.2, 0.25) is 0 Å². The Bertz CT molecular complexity index is 939. The maximum Gasteiger partial charge on any atom is 0.317 e. The molecule has 0 radical (unpaired) electrons. The summed E-state index contributed by atoms with van der Waals surface area (Å²) in [6.45, 7) is 7.79. The lowest BCUT2D eigenvalue weighted by molar-refractivity contribution is 0.0943. The van der Waals surface area contributed by atoms with Crippen LogP contribution in [0.3, 0.4) is 0 Å². The van der Waals surface area contributed by atoms with Gasteiger partial charge in [0.2, 0.25) is 0 Å². The van der Waals surface area contributed by atoms with Gasteiger partial charge in [0.05, 0.1) is 17.6 Å². The van der Waals surface area contributed by atoms with Crippen LogP contribution in [-0.2, 0) is 13.6 Å². The van der Waals surface area contributed by atoms with Gasteiger partial charge in [-0.2, -0.15) is 0 Å². The van der Waals surface area contributed by atoms with Crippen molar-refractivity contribution in [2.45, 2.75) is 58.2 Å². The molecule has 2 aromatic rings. The second-order valence-corrected chi connectivity index (χ2v) is 9.11. The highest BCUT2D eigenvalue weighted by Gasteiger charge is 2.25. The van der Waals surface area contributed by atoms with Crippen LogP contribution >= 0.6 is 0 Å². The van der Waals surface area contributed by atoms with Gasteiger partial charge in [0.25, 0.3) is 5.91 Å². The molecule has 2 heterocycles. The lowest BCUT2D eigenvalue weighted by Gasteiger charge is -2.35. The average Bonchev–Trinajstić information content (AvgIpc) is 3.36. The van der Waals surface area contributed by atoms with Crippen molar-refractivity contribution in [2.75, 3.05) is 26.2 Å². The van der Waals surface area contributed by atoms with E-state index in [2.05, 4.69) is 20.1 Å². The van der Waals surface area contributed by atoms with Crippen molar-refractivity contribution in [3.05, 3.63) is 29.6 Å². The molecule has 3 amide bonds. The molecule has 2 N–H and O–H groups in total. The number of fused-ring (bicyclic) bond motifs is 1. The van der Waals surface area contributed by atoms with E-state index in [9.17, 15) is 9.59 Å². The van der Waals surface area contributed by atoms with E-state index in [0.29, 0.717) is 11.6 Å². The second-order valence-electron chi connectivity index (χ2n) is 9.11. The number of rotatable bonds is 5. The monoisotopic (exact) mass is 426 g/mol. The summed E-state index contributed by atoms with van der Waals surface area (Å²) in [5, 5.41) is 6.11. The molecule has 0 unspecified atom stereocenters. The van der Waals surface area contributed by atoms with Crippen LogP contribution in [-0.4, -0.2) is 69.6 Å². The molecule has 168 valence electrons. The van der Waals surface area contributed by atoms with Crippen LogP contribution in [0.4, 0.5) is 4.79 Å². The maximum absolute atomic E-state index is 12.5. The van der Waals surface area contributed by atoms with Gasteiger partial charge in [-0.1, -0.05) is 12.8 Å². The molecule has 1 saturated carbocycles. The molecule has 1 saturated heterocycles. The van der Waals surface area contributed by atoms with E-state index < -0.39 is 0 Å². The number of nitrogens with zero attached hydrogens (tertiary/aromatic N) is 4. The van der Waals surface area contributed by atoms with Gasteiger partial charge in [-0.05, 0) is 44.9 Å². The number of benzene rings is 1. The summed E-state index contributed by atoms with van der Waals surface area (Å²) in [4.78, 5) is 33.9. The Morgan fingerprint density at radius 1 is 1.13 bits per heavy atom. The van der Waals surface area contributed by atoms with E-state index >= 15 is 0 Å². The first-order chi connectivity index (χ1) is 14.9. The Labute approximate surface area is 184 Å². The molecular weight excluding hydrogens is 392 g/mol. The highest BCUT2D eigenvalue weighted by Crippen LogP contribution is 2.20. The zero-order valence-electron chi connectivity index (χ0n) is 18.9. The van der Waals surface area contributed by atoms with Crippen LogP contribution in [0.25, 0.3) is 11.0 Å². The first kappa shape index (κ1) is 21.6. The number of hydrogen-bond donors (Lipinski definition) is 2. The number of urea groups is 1. The number of nitrogens with one attached hydrogen (secondary N) is 2. The molecule has 1 aromatic carbocycles. The summed E-state index contributed by atoms with van der Waals surface area (Å²) in [6.07, 6.45) is 4.67. The van der Waals surface area contributed by atoms with Gasteiger partial charge in [0.1, 0.15) is 5.82 Å². The highest BCUT2D eigenvalue weighted by molar-refractivity contribution is 5.97. The molecule has 2 fully saturated rings. The predicted molar refractivity (Wildman–Crippen MR) is 121 cm³/mol. The topological polar surface area (TPSA) is 82.5 Å². The number of piperazine rings is 1. The van der Waals surface area contributed by atoms with Gasteiger partial charge in [-0.25, -0.2) is 9.78 Å². The lowest BCUT2D eigenvalue weighted by atomic mass is 10.2. The predicted octanol–water partition coefficient (Wildman–Crippen LogP) is 2.48. The van der Waals surface area contributed by atoms with Gasteiger partial charge in [-0.15, -0.1) is 0 Å². The summed E-state index contributed by atoms with van der Waals surface area (Å²) < 4.78 is 2.10. The van der Waals surface area contributed by atoms with Gasteiger partial charge in [0, 0.05) is 50.9 Å². The molecule has 1 aliphatic heterocycles. The van der Waals surface area contributed by atoms with E-state index in [4.69, 9.17) is 4.98 Å². The first-order valence-corrected chi connectivity index (χ1v) is 11.4. The first-order valence-electron chi connectivity index (χ1n) is 11.4. The number of aryl methyl sites for hydroxylation is 1. The number of imidazole rings is 1. The highest BCUT2D eigenvalue weighted by atomic mass is 16.2. The van der Waals surface area contributed by atoms with Crippen molar-refractivity contribution in [3.63, 3.8) is 0 Å². The summed E-state index contributed by atoms with van der Waals surface area (Å²) in [7, 11) is 2.02. The molecule has 8 nitrogen and oxygen atoms in total. The quantitative estimate of drug-likeness (QED) is 0.770. The Balaban J connectivity index is 1.36. The van der Waals surface area contributed by atoms with Gasteiger partial charge < -0.3 is 20.1 Å². The van der Waals surface area contributed by atoms with E-state index in [1.54, 1.807) is 0 Å². The van der Waals surface area contributed by atoms with Gasteiger partial charge in [0.15, 0.2) is 0 Å². The van der Waals surface area contributed by atoms with Crippen molar-refractivity contribution in [2.24, 2.45) is 7.05 Å². The van der Waals surface area contributed by atoms with E-state index in [-0.39, 0.29) is 18.0 Å². The normalized spacial score (nSPS) is 18.1. The molecular formula is C23H34N6O2. The molecule has 2 aliphatic rings. The molecule has 1 aromatic heterocycles. The summed E-state index contributed by atoms with van der Waals surface area (Å²) in [6, 6.07) is 6.22. The molecule has 0 spiro atoms. The molecule has 1 aliphatic carbocycles. The Morgan fingerprint density at radius 2 is 1.84 bits per heavy atom. The van der Waals surface area contributed by atoms with Crippen molar-refractivity contribution in [1.82, 2.24) is 30.0 Å². The van der Waals surface area contributed by atoms with Crippen LogP contribution in [0.1, 0.15) is 55.7 Å². The fraction of sp³-hybridized carbons (Fsp3) is 0.609. The number of carbonyl (C=O) groups is 2. The van der Waals surface area contributed by atoms with Crippen LogP contribution in [0.15, 0.2) is 18.2 Å². The smallest absolute Gasteiger partial charge is 0.317 e. The Kier molecular flexibility index (Phi) is 6.46. The number of amides is 3. The van der Waals surface area contributed by atoms with Crippen molar-refractivity contribution in [1.29, 1.82) is 0 Å². The molecule has 31 heavy (non-hydrogen) atoms. The van der Waals surface area contributed by atoms with E-state index in [0.717, 1.165) is 62.4 Å². The zero-order valence-corrected chi connectivity index (χ0v) is 18.9. The number of carbonyl (C=O) groups excluding carboxylic acids is 2. The van der Waals surface area contributed by atoms with Crippen molar-refractivity contribution < 1.29 is 9.59 Å². The lowest BCUT2D eigenvalue weighted by Crippen LogP contribution is -2.53. The average molecular weight is 427 g/mol. The minimum atomic E-state index is -0.0731. The minimum Gasteiger partial charge on any atom is -0.350 e. The second kappa shape index (κ2) is 9.26. The number of hydrogen-bond acceptors (Lipinski definition) is 4. The molecule has 0 atom stereocenters. The third kappa shape index (κ3) is 5.01. The maximum atomic E-state index is 12.5. The number of aromatic nitrogens is 2. The van der Waals surface area contributed by atoms with Crippen LogP contribution in [0, 0.1) is 0 Å². The summed E-state index contributed by atoms with van der Waals surface area (Å²) in [5.41, 5.74) is 2.49. The molecule has 4 rings (SSSR count). The minimum absolute atomic E-state index is 0.0731. The fourth-order valence-corrected chi connectivity index (χ4v) is 4.52. The third-order valence-corrected chi connectivity index (χ3v) is 6.36. The van der Waals surface area contributed by atoms with Gasteiger partial charge in [-0.3, -0.25) is 9.69 Å². The zero-order chi connectivity index (χ0) is 22.0. The molecule has 0 bridgehead atoms. The van der Waals surface area contributed by atoms with E-state index in [1.807, 2.05) is 44.0 Å². The third-order valence-electron chi connectivity index (χ3n) is 6.36. The van der Waals surface area contributed by atoms with Crippen LogP contribution in [0.5, 0.6) is 0 Å². The summed E-state index contributed by atoms with van der Waals surface area (Å²) in [5.74, 6) is 0.899. The largest absolute Gasteiger partial charge is 0.350 e. The van der Waals surface area contributed by atoms with Gasteiger partial charge >= 0.3 is 6.03 Å².